The largest absolute Gasteiger partial charge is 0.495 e. The van der Waals surface area contributed by atoms with E-state index >= 15 is 0 Å². The Morgan fingerprint density at radius 1 is 1.15 bits per heavy atom. The maximum Gasteiger partial charge on any atom is 0.495 e. The highest BCUT2D eigenvalue weighted by Gasteiger charge is 2.52. The number of hydrogen-bond acceptors (Lipinski definition) is 3. The lowest BCUT2D eigenvalue weighted by Crippen LogP contribution is -2.41. The van der Waals surface area contributed by atoms with Crippen LogP contribution in [0.3, 0.4) is 0 Å². The van der Waals surface area contributed by atoms with Crippen LogP contribution in [0.1, 0.15) is 57.6 Å². The van der Waals surface area contributed by atoms with Gasteiger partial charge >= 0.3 is 7.12 Å². The topological polar surface area (TPSA) is 42.2 Å². The summed E-state index contributed by atoms with van der Waals surface area (Å²) in [5.41, 5.74) is 2.29. The van der Waals surface area contributed by atoms with Crippen LogP contribution in [-0.4, -0.2) is 18.3 Å². The van der Waals surface area contributed by atoms with Gasteiger partial charge in [-0.05, 0) is 69.6 Å². The van der Waals surface area contributed by atoms with Crippen molar-refractivity contribution < 1.29 is 9.31 Å². The highest BCUT2D eigenvalue weighted by atomic mass is 16.7. The van der Waals surface area contributed by atoms with Gasteiger partial charge in [0, 0.05) is 0 Å². The van der Waals surface area contributed by atoms with Crippen LogP contribution in [-0.2, 0) is 9.31 Å². The van der Waals surface area contributed by atoms with Crippen molar-refractivity contribution in [1.29, 1.82) is 5.26 Å². The smallest absolute Gasteiger partial charge is 0.399 e. The molecular weight excluding hydrogens is 249 g/mol. The fourth-order valence-electron chi connectivity index (χ4n) is 2.58. The van der Waals surface area contributed by atoms with E-state index in [9.17, 15) is 0 Å². The average Bonchev–Trinajstić information content (AvgIpc) is 3.17. The third-order valence-corrected chi connectivity index (χ3v) is 4.74. The Labute approximate surface area is 121 Å². The molecule has 1 saturated carbocycles. The minimum atomic E-state index is -0.371. The van der Waals surface area contributed by atoms with Gasteiger partial charge in [-0.1, -0.05) is 6.07 Å². The minimum absolute atomic E-state index is 0.346. The Balaban J connectivity index is 2.00. The quantitative estimate of drug-likeness (QED) is 0.775. The van der Waals surface area contributed by atoms with Gasteiger partial charge in [0.25, 0.3) is 0 Å². The van der Waals surface area contributed by atoms with Crippen LogP contribution in [0.4, 0.5) is 0 Å². The van der Waals surface area contributed by atoms with Crippen molar-refractivity contribution >= 4 is 12.6 Å². The zero-order valence-electron chi connectivity index (χ0n) is 12.6. The molecule has 1 heterocycles. The molecule has 104 valence electrons. The summed E-state index contributed by atoms with van der Waals surface area (Å²) in [6, 6.07) is 8.09. The standard InChI is InChI=1S/C16H20BNO2/c1-15(2)16(3,4)20-17(19-15)14-9-11(10-18)5-8-13(14)12-6-7-12/h5,8-9,12H,6-7H2,1-4H3. The number of nitrogens with zero attached hydrogens (tertiary/aromatic N) is 1. The summed E-state index contributed by atoms with van der Waals surface area (Å²) in [5.74, 6) is 0.608. The van der Waals surface area contributed by atoms with Crippen molar-refractivity contribution in [2.45, 2.75) is 57.7 Å². The van der Waals surface area contributed by atoms with Gasteiger partial charge < -0.3 is 9.31 Å². The van der Waals surface area contributed by atoms with Crippen molar-refractivity contribution in [3.63, 3.8) is 0 Å². The minimum Gasteiger partial charge on any atom is -0.399 e. The van der Waals surface area contributed by atoms with E-state index in [1.807, 2.05) is 12.1 Å². The summed E-state index contributed by atoms with van der Waals surface area (Å²) in [6.45, 7) is 8.21. The maximum absolute atomic E-state index is 9.12. The molecule has 1 aromatic rings. The normalized spacial score (nSPS) is 23.6. The van der Waals surface area contributed by atoms with Crippen LogP contribution in [0.25, 0.3) is 0 Å². The number of benzene rings is 1. The molecule has 0 amide bonds. The van der Waals surface area contributed by atoms with Gasteiger partial charge in [0.1, 0.15) is 0 Å². The molecule has 0 bridgehead atoms. The van der Waals surface area contributed by atoms with Crippen LogP contribution >= 0.6 is 0 Å². The molecule has 1 aliphatic heterocycles. The monoisotopic (exact) mass is 269 g/mol. The third kappa shape index (κ3) is 2.15. The van der Waals surface area contributed by atoms with E-state index in [-0.39, 0.29) is 18.3 Å². The molecular formula is C16H20BNO2. The van der Waals surface area contributed by atoms with Crippen LogP contribution in [0.2, 0.25) is 0 Å². The van der Waals surface area contributed by atoms with E-state index in [2.05, 4.69) is 39.8 Å². The summed E-state index contributed by atoms with van der Waals surface area (Å²) in [6.07, 6.45) is 2.44. The first-order valence-electron chi connectivity index (χ1n) is 7.24. The van der Waals surface area contributed by atoms with Gasteiger partial charge in [-0.25, -0.2) is 0 Å². The van der Waals surface area contributed by atoms with Crippen molar-refractivity contribution in [2.24, 2.45) is 0 Å². The van der Waals surface area contributed by atoms with Crippen LogP contribution in [0.5, 0.6) is 0 Å². The van der Waals surface area contributed by atoms with Gasteiger partial charge in [0.05, 0.1) is 22.8 Å². The van der Waals surface area contributed by atoms with Gasteiger partial charge in [-0.15, -0.1) is 0 Å². The molecule has 2 fully saturated rings. The molecule has 0 spiro atoms. The first kappa shape index (κ1) is 13.7. The molecule has 4 heteroatoms. The Bertz CT molecular complexity index is 569. The highest BCUT2D eigenvalue weighted by molar-refractivity contribution is 6.62. The van der Waals surface area contributed by atoms with Gasteiger partial charge in [0.2, 0.25) is 0 Å². The van der Waals surface area contributed by atoms with Crippen LogP contribution in [0, 0.1) is 11.3 Å². The van der Waals surface area contributed by atoms with E-state index in [0.717, 1.165) is 5.46 Å². The van der Waals surface area contributed by atoms with Gasteiger partial charge in [-0.2, -0.15) is 5.26 Å². The SMILES string of the molecule is CC1(C)OB(c2cc(C#N)ccc2C2CC2)OC1(C)C. The average molecular weight is 269 g/mol. The number of rotatable bonds is 2. The molecule has 2 aliphatic rings. The van der Waals surface area contributed by atoms with E-state index in [1.165, 1.54) is 18.4 Å². The van der Waals surface area contributed by atoms with Gasteiger partial charge in [0.15, 0.2) is 0 Å². The second-order valence-electron chi connectivity index (χ2n) is 6.82. The van der Waals surface area contributed by atoms with Crippen LogP contribution in [0.15, 0.2) is 18.2 Å². The molecule has 0 radical (unpaired) electrons. The van der Waals surface area contributed by atoms with Crippen molar-refractivity contribution in [3.05, 3.63) is 29.3 Å². The van der Waals surface area contributed by atoms with Crippen LogP contribution < -0.4 is 5.46 Å². The molecule has 0 aromatic heterocycles. The van der Waals surface area contributed by atoms with E-state index in [4.69, 9.17) is 14.6 Å². The summed E-state index contributed by atoms with van der Waals surface area (Å²) >= 11 is 0. The van der Waals surface area contributed by atoms with Crippen molar-refractivity contribution in [3.8, 4) is 6.07 Å². The van der Waals surface area contributed by atoms with E-state index in [0.29, 0.717) is 11.5 Å². The predicted molar refractivity (Wildman–Crippen MR) is 78.8 cm³/mol. The number of nitriles is 1. The second kappa shape index (κ2) is 4.34. The lowest BCUT2D eigenvalue weighted by Gasteiger charge is -2.32. The molecule has 1 aliphatic carbocycles. The zero-order chi connectivity index (χ0) is 14.5. The molecule has 20 heavy (non-hydrogen) atoms. The van der Waals surface area contributed by atoms with E-state index < -0.39 is 0 Å². The summed E-state index contributed by atoms with van der Waals surface area (Å²) in [7, 11) is -0.371. The third-order valence-electron chi connectivity index (χ3n) is 4.74. The molecule has 0 atom stereocenters. The first-order valence-corrected chi connectivity index (χ1v) is 7.24. The first-order chi connectivity index (χ1) is 9.34. The second-order valence-corrected chi connectivity index (χ2v) is 6.82. The molecule has 3 nitrogen and oxygen atoms in total. The fourth-order valence-corrected chi connectivity index (χ4v) is 2.58. The Morgan fingerprint density at radius 3 is 2.25 bits per heavy atom. The summed E-state index contributed by atoms with van der Waals surface area (Å²) in [4.78, 5) is 0. The number of hydrogen-bond donors (Lipinski definition) is 0. The zero-order valence-corrected chi connectivity index (χ0v) is 12.6. The Kier molecular flexibility index (Phi) is 2.97. The fraction of sp³-hybridized carbons (Fsp3) is 0.562. The summed E-state index contributed by atoms with van der Waals surface area (Å²) in [5, 5.41) is 9.12. The molecule has 0 unspecified atom stereocenters. The highest BCUT2D eigenvalue weighted by Crippen LogP contribution is 2.41. The lowest BCUT2D eigenvalue weighted by molar-refractivity contribution is 0.00578. The van der Waals surface area contributed by atoms with Crippen molar-refractivity contribution in [1.82, 2.24) is 0 Å². The Hall–Kier alpha value is -1.31. The molecule has 1 saturated heterocycles. The predicted octanol–water partition coefficient (Wildman–Crippen LogP) is 2.73. The summed E-state index contributed by atoms with van der Waals surface area (Å²) < 4.78 is 12.3. The Morgan fingerprint density at radius 2 is 1.75 bits per heavy atom. The molecule has 1 aromatic carbocycles. The van der Waals surface area contributed by atoms with E-state index in [1.54, 1.807) is 0 Å². The van der Waals surface area contributed by atoms with Crippen molar-refractivity contribution in [2.75, 3.05) is 0 Å². The maximum atomic E-state index is 9.12. The lowest BCUT2D eigenvalue weighted by atomic mass is 9.74. The molecule has 0 N–H and O–H groups in total. The van der Waals surface area contributed by atoms with Gasteiger partial charge in [-0.3, -0.25) is 0 Å². The molecule has 3 rings (SSSR count).